The van der Waals surface area contributed by atoms with Crippen LogP contribution >= 0.6 is 0 Å². The van der Waals surface area contributed by atoms with Crippen LogP contribution in [0.25, 0.3) is 0 Å². The second-order valence-electron chi connectivity index (χ2n) is 9.02. The molecule has 2 heterocycles. The first kappa shape index (κ1) is 24.3. The first-order chi connectivity index (χ1) is 16.2. The molecule has 2 fully saturated rings. The number of hydrogen-bond acceptors (Lipinski definition) is 6. The third-order valence-electron chi connectivity index (χ3n) is 6.70. The van der Waals surface area contributed by atoms with E-state index in [1.165, 1.54) is 39.7 Å². The number of piperidine rings is 1. The molecule has 0 saturated carbocycles. The maximum Gasteiger partial charge on any atom is 0.269 e. The summed E-state index contributed by atoms with van der Waals surface area (Å²) in [4.78, 5) is 27.6. The highest BCUT2D eigenvalue weighted by molar-refractivity contribution is 7.89. The van der Waals surface area contributed by atoms with Gasteiger partial charge < -0.3 is 4.90 Å². The molecule has 0 unspecified atom stereocenters. The standard InChI is InChI=1S/C24H30N4O5S/c1-19-2-4-20(5-3-19)18-25-14-16-26(17-15-25)24(29)21-10-12-27(13-11-21)34(32,33)23-8-6-22(7-9-23)28(30)31/h2-9,21H,10-18H2,1H3. The molecule has 34 heavy (non-hydrogen) atoms. The van der Waals surface area contributed by atoms with Crippen LogP contribution in [-0.2, 0) is 21.4 Å². The van der Waals surface area contributed by atoms with Crippen LogP contribution in [0, 0.1) is 23.0 Å². The molecule has 1 amide bonds. The second-order valence-corrected chi connectivity index (χ2v) is 11.0. The number of nitro benzene ring substituents is 1. The molecule has 2 aliphatic rings. The Morgan fingerprint density at radius 2 is 1.53 bits per heavy atom. The quantitative estimate of drug-likeness (QED) is 0.459. The Morgan fingerprint density at radius 1 is 0.941 bits per heavy atom. The fourth-order valence-corrected chi connectivity index (χ4v) is 6.04. The molecule has 0 N–H and O–H groups in total. The number of rotatable bonds is 6. The Balaban J connectivity index is 1.27. The van der Waals surface area contributed by atoms with E-state index in [2.05, 4.69) is 36.1 Å². The highest BCUT2D eigenvalue weighted by atomic mass is 32.2. The van der Waals surface area contributed by atoms with E-state index in [4.69, 9.17) is 0 Å². The average Bonchev–Trinajstić information content (AvgIpc) is 2.85. The zero-order valence-corrected chi connectivity index (χ0v) is 20.1. The summed E-state index contributed by atoms with van der Waals surface area (Å²) >= 11 is 0. The molecule has 0 spiro atoms. The number of benzene rings is 2. The van der Waals surface area contributed by atoms with Crippen molar-refractivity contribution in [1.29, 1.82) is 0 Å². The summed E-state index contributed by atoms with van der Waals surface area (Å²) in [7, 11) is -3.74. The number of carbonyl (C=O) groups excluding carboxylic acids is 1. The number of aryl methyl sites for hydroxylation is 1. The number of amides is 1. The van der Waals surface area contributed by atoms with Crippen LogP contribution in [0.3, 0.4) is 0 Å². The van der Waals surface area contributed by atoms with Crippen molar-refractivity contribution >= 4 is 21.6 Å². The number of nitrogens with zero attached hydrogens (tertiary/aromatic N) is 4. The maximum atomic E-state index is 13.1. The maximum absolute atomic E-state index is 13.1. The Kier molecular flexibility index (Phi) is 7.30. The molecule has 10 heteroatoms. The first-order valence-corrected chi connectivity index (χ1v) is 13.0. The van der Waals surface area contributed by atoms with E-state index in [9.17, 15) is 23.3 Å². The molecule has 0 atom stereocenters. The summed E-state index contributed by atoms with van der Waals surface area (Å²) < 4.78 is 27.2. The molecular weight excluding hydrogens is 456 g/mol. The molecule has 4 rings (SSSR count). The molecule has 2 saturated heterocycles. The summed E-state index contributed by atoms with van der Waals surface area (Å²) in [5, 5.41) is 10.8. The van der Waals surface area contributed by atoms with Crippen molar-refractivity contribution in [1.82, 2.24) is 14.1 Å². The fraction of sp³-hybridized carbons (Fsp3) is 0.458. The molecule has 2 aliphatic heterocycles. The van der Waals surface area contributed by atoms with Gasteiger partial charge in [0.2, 0.25) is 15.9 Å². The highest BCUT2D eigenvalue weighted by Gasteiger charge is 2.34. The van der Waals surface area contributed by atoms with Gasteiger partial charge in [0.25, 0.3) is 5.69 Å². The lowest BCUT2D eigenvalue weighted by molar-refractivity contribution is -0.384. The minimum absolute atomic E-state index is 0.0348. The van der Waals surface area contributed by atoms with Crippen LogP contribution in [0.2, 0.25) is 0 Å². The van der Waals surface area contributed by atoms with Crippen molar-refractivity contribution in [2.75, 3.05) is 39.3 Å². The third kappa shape index (κ3) is 5.45. The van der Waals surface area contributed by atoms with Gasteiger partial charge in [-0.25, -0.2) is 8.42 Å². The van der Waals surface area contributed by atoms with Crippen molar-refractivity contribution in [3.05, 3.63) is 69.8 Å². The summed E-state index contributed by atoms with van der Waals surface area (Å²) in [5.41, 5.74) is 2.36. The minimum Gasteiger partial charge on any atom is -0.340 e. The number of nitro groups is 1. The lowest BCUT2D eigenvalue weighted by Crippen LogP contribution is -2.51. The molecule has 9 nitrogen and oxygen atoms in total. The zero-order valence-electron chi connectivity index (χ0n) is 19.3. The molecule has 2 aromatic rings. The Morgan fingerprint density at radius 3 is 2.09 bits per heavy atom. The lowest BCUT2D eigenvalue weighted by atomic mass is 9.96. The molecule has 0 radical (unpaired) electrons. The van der Waals surface area contributed by atoms with E-state index in [1.807, 2.05) is 4.90 Å². The number of non-ortho nitro benzene ring substituents is 1. The molecule has 2 aromatic carbocycles. The summed E-state index contributed by atoms with van der Waals surface area (Å²) in [6.07, 6.45) is 0.962. The summed E-state index contributed by atoms with van der Waals surface area (Å²) in [6.45, 7) is 6.51. The second kappa shape index (κ2) is 10.2. The van der Waals surface area contributed by atoms with Crippen molar-refractivity contribution in [3.8, 4) is 0 Å². The van der Waals surface area contributed by atoms with Gasteiger partial charge in [0, 0.05) is 63.9 Å². The zero-order chi connectivity index (χ0) is 24.3. The highest BCUT2D eigenvalue weighted by Crippen LogP contribution is 2.26. The fourth-order valence-electron chi connectivity index (χ4n) is 4.57. The normalized spacial score (nSPS) is 18.7. The molecule has 0 aromatic heterocycles. The summed E-state index contributed by atoms with van der Waals surface area (Å²) in [6, 6.07) is 13.4. The van der Waals surface area contributed by atoms with E-state index >= 15 is 0 Å². The van der Waals surface area contributed by atoms with Gasteiger partial charge in [0.1, 0.15) is 0 Å². The number of piperazine rings is 1. The number of sulfonamides is 1. The number of carbonyl (C=O) groups is 1. The van der Waals surface area contributed by atoms with Crippen molar-refractivity contribution in [2.45, 2.75) is 31.2 Å². The monoisotopic (exact) mass is 486 g/mol. The third-order valence-corrected chi connectivity index (χ3v) is 8.61. The van der Waals surface area contributed by atoms with Gasteiger partial charge >= 0.3 is 0 Å². The average molecular weight is 487 g/mol. The van der Waals surface area contributed by atoms with Gasteiger partial charge in [-0.15, -0.1) is 0 Å². The van der Waals surface area contributed by atoms with Crippen molar-refractivity contribution < 1.29 is 18.1 Å². The smallest absolute Gasteiger partial charge is 0.269 e. The van der Waals surface area contributed by atoms with Gasteiger partial charge in [-0.2, -0.15) is 4.31 Å². The van der Waals surface area contributed by atoms with E-state index in [0.29, 0.717) is 25.9 Å². The van der Waals surface area contributed by atoms with Crippen LogP contribution in [-0.4, -0.2) is 72.6 Å². The Hall–Kier alpha value is -2.82. The molecular formula is C24H30N4O5S. The first-order valence-electron chi connectivity index (χ1n) is 11.6. The van der Waals surface area contributed by atoms with E-state index in [1.54, 1.807) is 0 Å². The number of hydrogen-bond donors (Lipinski definition) is 0. The largest absolute Gasteiger partial charge is 0.340 e. The van der Waals surface area contributed by atoms with Crippen LogP contribution in [0.1, 0.15) is 24.0 Å². The predicted octanol–water partition coefficient (Wildman–Crippen LogP) is 2.65. The van der Waals surface area contributed by atoms with Crippen LogP contribution < -0.4 is 0 Å². The predicted molar refractivity (Wildman–Crippen MR) is 128 cm³/mol. The summed E-state index contributed by atoms with van der Waals surface area (Å²) in [5.74, 6) is -0.0608. The van der Waals surface area contributed by atoms with E-state index in [-0.39, 0.29) is 35.5 Å². The van der Waals surface area contributed by atoms with Crippen LogP contribution in [0.5, 0.6) is 0 Å². The SMILES string of the molecule is Cc1ccc(CN2CCN(C(=O)C3CCN(S(=O)(=O)c4ccc([N+](=O)[O-])cc4)CC3)CC2)cc1. The van der Waals surface area contributed by atoms with Crippen molar-refractivity contribution in [2.24, 2.45) is 5.92 Å². The Labute approximate surface area is 200 Å². The van der Waals surface area contributed by atoms with Gasteiger partial charge in [-0.3, -0.25) is 19.8 Å². The van der Waals surface area contributed by atoms with E-state index < -0.39 is 14.9 Å². The topological polar surface area (TPSA) is 104 Å². The Bertz CT molecular complexity index is 1120. The van der Waals surface area contributed by atoms with Crippen molar-refractivity contribution in [3.63, 3.8) is 0 Å². The lowest BCUT2D eigenvalue weighted by Gasteiger charge is -2.38. The molecule has 0 bridgehead atoms. The van der Waals surface area contributed by atoms with Gasteiger partial charge in [0.15, 0.2) is 0 Å². The van der Waals surface area contributed by atoms with Gasteiger partial charge in [-0.05, 0) is 37.5 Å². The van der Waals surface area contributed by atoms with Gasteiger partial charge in [0.05, 0.1) is 9.82 Å². The molecule has 0 aliphatic carbocycles. The molecule has 182 valence electrons. The minimum atomic E-state index is -3.74. The van der Waals surface area contributed by atoms with Gasteiger partial charge in [-0.1, -0.05) is 29.8 Å². The van der Waals surface area contributed by atoms with Crippen LogP contribution in [0.4, 0.5) is 5.69 Å². The van der Waals surface area contributed by atoms with E-state index in [0.717, 1.165) is 19.6 Å². The van der Waals surface area contributed by atoms with Crippen LogP contribution in [0.15, 0.2) is 53.4 Å².